The molecule has 1 fully saturated rings. The highest BCUT2D eigenvalue weighted by Gasteiger charge is 2.64. The molecule has 2 rings (SSSR count). The lowest BCUT2D eigenvalue weighted by Crippen LogP contribution is -2.21. The molecule has 0 heterocycles. The molecule has 1 aromatic carbocycles. The number of nitrogens with one attached hydrogen (secondary N) is 1. The van der Waals surface area contributed by atoms with Crippen molar-refractivity contribution in [1.82, 2.24) is 5.32 Å². The van der Waals surface area contributed by atoms with Gasteiger partial charge in [-0.3, -0.25) is 10.1 Å². The summed E-state index contributed by atoms with van der Waals surface area (Å²) in [6, 6.07) is 5.38. The van der Waals surface area contributed by atoms with Crippen LogP contribution in [0.3, 0.4) is 0 Å². The summed E-state index contributed by atoms with van der Waals surface area (Å²) in [6.07, 6.45) is 0. The molecule has 1 N–H and O–H groups in total. The highest BCUT2D eigenvalue weighted by Crippen LogP contribution is 2.62. The average molecular weight is 327 g/mol. The Hall–Kier alpha value is -0.940. The Bertz CT molecular complexity index is 512. The molecule has 4 nitrogen and oxygen atoms in total. The van der Waals surface area contributed by atoms with Gasteiger partial charge < -0.3 is 5.32 Å². The van der Waals surface area contributed by atoms with Gasteiger partial charge in [-0.05, 0) is 22.5 Å². The molecule has 0 aliphatic heterocycles. The fourth-order valence-corrected chi connectivity index (χ4v) is 3.22. The second kappa shape index (κ2) is 4.56. The van der Waals surface area contributed by atoms with Crippen molar-refractivity contribution in [3.8, 4) is 0 Å². The van der Waals surface area contributed by atoms with Crippen molar-refractivity contribution in [3.63, 3.8) is 0 Å². The fourth-order valence-electron chi connectivity index (χ4n) is 2.71. The summed E-state index contributed by atoms with van der Waals surface area (Å²) in [5.74, 6) is 0. The third kappa shape index (κ3) is 2.41. The van der Waals surface area contributed by atoms with E-state index in [1.165, 1.54) is 0 Å². The summed E-state index contributed by atoms with van der Waals surface area (Å²) in [6.45, 7) is 9.76. The van der Waals surface area contributed by atoms with E-state index in [1.54, 1.807) is 18.2 Å². The van der Waals surface area contributed by atoms with Crippen LogP contribution in [0.2, 0.25) is 0 Å². The van der Waals surface area contributed by atoms with Crippen LogP contribution in [0.15, 0.2) is 22.7 Å². The van der Waals surface area contributed by atoms with Crippen molar-refractivity contribution in [2.24, 2.45) is 10.8 Å². The van der Waals surface area contributed by atoms with Crippen LogP contribution in [0.1, 0.15) is 33.3 Å². The molecule has 0 spiro atoms. The van der Waals surface area contributed by atoms with E-state index >= 15 is 0 Å². The minimum Gasteiger partial charge on any atom is -0.309 e. The van der Waals surface area contributed by atoms with Gasteiger partial charge in [0.05, 0.1) is 4.92 Å². The van der Waals surface area contributed by atoms with Gasteiger partial charge in [-0.25, -0.2) is 0 Å². The highest BCUT2D eigenvalue weighted by molar-refractivity contribution is 9.10. The Kier molecular flexibility index (Phi) is 3.47. The van der Waals surface area contributed by atoms with Crippen LogP contribution < -0.4 is 5.32 Å². The lowest BCUT2D eigenvalue weighted by atomic mass is 10.0. The predicted octanol–water partition coefficient (Wildman–Crippen LogP) is 3.88. The molecule has 0 radical (unpaired) electrons. The number of benzene rings is 1. The summed E-state index contributed by atoms with van der Waals surface area (Å²) in [5.41, 5.74) is 1.74. The van der Waals surface area contributed by atoms with Gasteiger partial charge in [0, 0.05) is 29.2 Å². The molecule has 1 saturated carbocycles. The molecule has 104 valence electrons. The number of hydrogen-bond donors (Lipinski definition) is 1. The van der Waals surface area contributed by atoms with E-state index in [-0.39, 0.29) is 10.6 Å². The van der Waals surface area contributed by atoms with Crippen molar-refractivity contribution in [1.29, 1.82) is 0 Å². The van der Waals surface area contributed by atoms with Gasteiger partial charge in [0.15, 0.2) is 0 Å². The fraction of sp³-hybridized carbons (Fsp3) is 0.571. The Morgan fingerprint density at radius 3 is 2.32 bits per heavy atom. The van der Waals surface area contributed by atoms with E-state index in [0.717, 1.165) is 16.6 Å². The SMILES string of the molecule is CC1(C)C(NCc2ccc([N+](=O)[O-])cc2Br)C1(C)C. The monoisotopic (exact) mass is 326 g/mol. The van der Waals surface area contributed by atoms with Gasteiger partial charge in [-0.1, -0.05) is 43.6 Å². The zero-order valence-electron chi connectivity index (χ0n) is 11.7. The molecule has 0 unspecified atom stereocenters. The van der Waals surface area contributed by atoms with Gasteiger partial charge in [-0.15, -0.1) is 0 Å². The van der Waals surface area contributed by atoms with Crippen molar-refractivity contribution in [3.05, 3.63) is 38.3 Å². The molecule has 1 aliphatic carbocycles. The van der Waals surface area contributed by atoms with Crippen LogP contribution >= 0.6 is 15.9 Å². The highest BCUT2D eigenvalue weighted by atomic mass is 79.9. The average Bonchev–Trinajstić information content (AvgIpc) is 2.68. The van der Waals surface area contributed by atoms with Crippen molar-refractivity contribution in [2.75, 3.05) is 0 Å². The number of non-ortho nitro benzene ring substituents is 1. The van der Waals surface area contributed by atoms with E-state index in [0.29, 0.717) is 16.9 Å². The van der Waals surface area contributed by atoms with E-state index in [9.17, 15) is 10.1 Å². The summed E-state index contributed by atoms with van der Waals surface area (Å²) in [4.78, 5) is 10.3. The number of nitro groups is 1. The largest absolute Gasteiger partial charge is 0.309 e. The molecule has 0 amide bonds. The van der Waals surface area contributed by atoms with Gasteiger partial charge in [0.1, 0.15) is 0 Å². The molecule has 0 aromatic heterocycles. The second-order valence-electron chi connectivity index (χ2n) is 6.29. The predicted molar refractivity (Wildman–Crippen MR) is 79.0 cm³/mol. The Morgan fingerprint density at radius 2 is 1.89 bits per heavy atom. The van der Waals surface area contributed by atoms with E-state index in [2.05, 4.69) is 48.9 Å². The van der Waals surface area contributed by atoms with E-state index in [1.807, 2.05) is 0 Å². The third-order valence-corrected chi connectivity index (χ3v) is 5.50. The maximum absolute atomic E-state index is 10.7. The molecule has 1 aromatic rings. The summed E-state index contributed by atoms with van der Waals surface area (Å²) >= 11 is 3.40. The Labute approximate surface area is 121 Å². The van der Waals surface area contributed by atoms with Crippen LogP contribution in [-0.2, 0) is 6.54 Å². The second-order valence-corrected chi connectivity index (χ2v) is 7.14. The lowest BCUT2D eigenvalue weighted by Gasteiger charge is -2.08. The number of nitrogens with zero attached hydrogens (tertiary/aromatic N) is 1. The van der Waals surface area contributed by atoms with E-state index in [4.69, 9.17) is 0 Å². The Balaban J connectivity index is 2.04. The third-order valence-electron chi connectivity index (χ3n) is 4.76. The van der Waals surface area contributed by atoms with Crippen molar-refractivity contribution in [2.45, 2.75) is 40.3 Å². The van der Waals surface area contributed by atoms with Crippen LogP contribution in [0, 0.1) is 20.9 Å². The van der Waals surface area contributed by atoms with Crippen LogP contribution in [0.25, 0.3) is 0 Å². The van der Waals surface area contributed by atoms with Gasteiger partial charge >= 0.3 is 0 Å². The normalized spacial score (nSPS) is 20.3. The quantitative estimate of drug-likeness (QED) is 0.674. The number of rotatable bonds is 4. The van der Waals surface area contributed by atoms with Gasteiger partial charge in [-0.2, -0.15) is 0 Å². The topological polar surface area (TPSA) is 55.2 Å². The molecular formula is C14H19BrN2O2. The smallest absolute Gasteiger partial charge is 0.270 e. The van der Waals surface area contributed by atoms with E-state index < -0.39 is 0 Å². The van der Waals surface area contributed by atoms with Gasteiger partial charge in [0.2, 0.25) is 0 Å². The standard InChI is InChI=1S/C14H19BrN2O2/c1-13(2)12(14(13,3)4)16-8-9-5-6-10(17(18)19)7-11(9)15/h5-7,12,16H,8H2,1-4H3. The number of halogens is 1. The minimum absolute atomic E-state index is 0.114. The molecule has 19 heavy (non-hydrogen) atoms. The van der Waals surface area contributed by atoms with Crippen LogP contribution in [-0.4, -0.2) is 11.0 Å². The molecule has 1 aliphatic rings. The first kappa shape index (κ1) is 14.5. The maximum atomic E-state index is 10.7. The maximum Gasteiger partial charge on any atom is 0.270 e. The zero-order valence-corrected chi connectivity index (χ0v) is 13.2. The number of hydrogen-bond acceptors (Lipinski definition) is 3. The van der Waals surface area contributed by atoms with Crippen LogP contribution in [0.5, 0.6) is 0 Å². The lowest BCUT2D eigenvalue weighted by molar-refractivity contribution is -0.384. The first-order chi connectivity index (χ1) is 8.68. The summed E-state index contributed by atoms with van der Waals surface area (Å²) in [7, 11) is 0. The first-order valence-electron chi connectivity index (χ1n) is 6.34. The zero-order chi connectivity index (χ0) is 14.4. The molecular weight excluding hydrogens is 308 g/mol. The molecule has 5 heteroatoms. The van der Waals surface area contributed by atoms with Crippen molar-refractivity contribution < 1.29 is 4.92 Å². The van der Waals surface area contributed by atoms with Crippen LogP contribution in [0.4, 0.5) is 5.69 Å². The first-order valence-corrected chi connectivity index (χ1v) is 7.13. The Morgan fingerprint density at radius 1 is 1.32 bits per heavy atom. The molecule has 0 saturated heterocycles. The summed E-state index contributed by atoms with van der Waals surface area (Å²) in [5, 5.41) is 14.2. The van der Waals surface area contributed by atoms with Crippen molar-refractivity contribution >= 4 is 21.6 Å². The van der Waals surface area contributed by atoms with Gasteiger partial charge in [0.25, 0.3) is 5.69 Å². The summed E-state index contributed by atoms with van der Waals surface area (Å²) < 4.78 is 0.783. The number of nitro benzene ring substituents is 1. The molecule has 0 bridgehead atoms. The minimum atomic E-state index is -0.380. The molecule has 0 atom stereocenters.